The summed E-state index contributed by atoms with van der Waals surface area (Å²) in [6.07, 6.45) is 9.13. The molecule has 0 aromatic carbocycles. The summed E-state index contributed by atoms with van der Waals surface area (Å²) in [7, 11) is 0. The first-order valence-electron chi connectivity index (χ1n) is 4.73. The summed E-state index contributed by atoms with van der Waals surface area (Å²) in [6, 6.07) is 0. The molecule has 0 aromatic rings. The standard InChI is InChI=1S/C9H17N/c1-2-4-9(3-1)5-7-10-8-6-9/h10H,1-8H2/p+1. The van der Waals surface area contributed by atoms with Crippen molar-refractivity contribution in [2.24, 2.45) is 5.41 Å². The van der Waals surface area contributed by atoms with Gasteiger partial charge in [-0.25, -0.2) is 0 Å². The summed E-state index contributed by atoms with van der Waals surface area (Å²) in [6.45, 7) is 2.81. The lowest BCUT2D eigenvalue weighted by molar-refractivity contribution is -0.667. The maximum atomic E-state index is 2.48. The Bertz CT molecular complexity index is 106. The molecule has 1 nitrogen and oxygen atoms in total. The van der Waals surface area contributed by atoms with Gasteiger partial charge in [0.1, 0.15) is 0 Å². The SMILES string of the molecule is C1CCC2(C1)CC[NH2+]CC2. The third-order valence-electron chi connectivity index (χ3n) is 3.42. The van der Waals surface area contributed by atoms with Crippen LogP contribution >= 0.6 is 0 Å². The number of nitrogens with two attached hydrogens (primary N) is 1. The highest BCUT2D eigenvalue weighted by Crippen LogP contribution is 2.43. The van der Waals surface area contributed by atoms with Crippen LogP contribution in [0.25, 0.3) is 0 Å². The van der Waals surface area contributed by atoms with Crippen LogP contribution in [0.3, 0.4) is 0 Å². The molecular weight excluding hydrogens is 122 g/mol. The van der Waals surface area contributed by atoms with Gasteiger partial charge in [0.15, 0.2) is 0 Å². The maximum absolute atomic E-state index is 2.48. The first-order chi connectivity index (χ1) is 4.91. The summed E-state index contributed by atoms with van der Waals surface area (Å²) in [4.78, 5) is 0. The molecule has 1 spiro atoms. The van der Waals surface area contributed by atoms with E-state index in [-0.39, 0.29) is 0 Å². The molecule has 2 rings (SSSR count). The molecule has 1 heterocycles. The molecule has 2 fully saturated rings. The van der Waals surface area contributed by atoms with E-state index in [4.69, 9.17) is 0 Å². The van der Waals surface area contributed by atoms with Gasteiger partial charge in [-0.1, -0.05) is 12.8 Å². The Labute approximate surface area is 63.2 Å². The first-order valence-corrected chi connectivity index (χ1v) is 4.73. The van der Waals surface area contributed by atoms with Crippen molar-refractivity contribution in [2.45, 2.75) is 38.5 Å². The van der Waals surface area contributed by atoms with Gasteiger partial charge in [0.25, 0.3) is 0 Å². The van der Waals surface area contributed by atoms with Crippen LogP contribution in [0.4, 0.5) is 0 Å². The number of quaternary nitrogens is 1. The molecule has 0 aromatic heterocycles. The Balaban J connectivity index is 1.98. The highest BCUT2D eigenvalue weighted by atomic mass is 14.9. The second kappa shape index (κ2) is 2.54. The van der Waals surface area contributed by atoms with Gasteiger partial charge < -0.3 is 5.32 Å². The van der Waals surface area contributed by atoms with Gasteiger partial charge in [-0.15, -0.1) is 0 Å². The van der Waals surface area contributed by atoms with Crippen molar-refractivity contribution in [1.29, 1.82) is 0 Å². The van der Waals surface area contributed by atoms with Crippen molar-refractivity contribution in [2.75, 3.05) is 13.1 Å². The molecule has 1 aliphatic heterocycles. The fraction of sp³-hybridized carbons (Fsp3) is 1.00. The van der Waals surface area contributed by atoms with E-state index in [0.29, 0.717) is 0 Å². The largest absolute Gasteiger partial charge is 0.346 e. The number of rotatable bonds is 0. The molecular formula is C9H18N+. The maximum Gasteiger partial charge on any atom is 0.0760 e. The van der Waals surface area contributed by atoms with Gasteiger partial charge in [-0.2, -0.15) is 0 Å². The molecule has 0 radical (unpaired) electrons. The fourth-order valence-corrected chi connectivity index (χ4v) is 2.71. The Morgan fingerprint density at radius 3 is 2.00 bits per heavy atom. The molecule has 1 heteroatoms. The van der Waals surface area contributed by atoms with Gasteiger partial charge in [0.05, 0.1) is 13.1 Å². The summed E-state index contributed by atoms with van der Waals surface area (Å²) in [5.41, 5.74) is 0.842. The molecule has 1 aliphatic carbocycles. The Hall–Kier alpha value is -0.0400. The second-order valence-electron chi connectivity index (χ2n) is 4.07. The summed E-state index contributed by atoms with van der Waals surface area (Å²) in [5.74, 6) is 0. The van der Waals surface area contributed by atoms with E-state index in [0.717, 1.165) is 5.41 Å². The molecule has 1 saturated carbocycles. The smallest absolute Gasteiger partial charge is 0.0760 e. The average Bonchev–Trinajstić information content (AvgIpc) is 2.39. The summed E-state index contributed by atoms with van der Waals surface area (Å²) in [5, 5.41) is 2.48. The topological polar surface area (TPSA) is 16.6 Å². The lowest BCUT2D eigenvalue weighted by atomic mass is 9.78. The monoisotopic (exact) mass is 140 g/mol. The molecule has 0 bridgehead atoms. The normalized spacial score (nSPS) is 31.2. The summed E-state index contributed by atoms with van der Waals surface area (Å²) >= 11 is 0. The van der Waals surface area contributed by atoms with Gasteiger partial charge in [0.2, 0.25) is 0 Å². The van der Waals surface area contributed by atoms with Crippen LogP contribution in [-0.2, 0) is 0 Å². The van der Waals surface area contributed by atoms with E-state index in [1.165, 1.54) is 38.8 Å². The third-order valence-corrected chi connectivity index (χ3v) is 3.42. The van der Waals surface area contributed by atoms with Crippen LogP contribution in [0.15, 0.2) is 0 Å². The van der Waals surface area contributed by atoms with Crippen LogP contribution in [0.2, 0.25) is 0 Å². The zero-order valence-corrected chi connectivity index (χ0v) is 6.73. The van der Waals surface area contributed by atoms with Crippen molar-refractivity contribution in [3.8, 4) is 0 Å². The molecule has 0 amide bonds. The molecule has 2 aliphatic rings. The predicted molar refractivity (Wildman–Crippen MR) is 41.8 cm³/mol. The van der Waals surface area contributed by atoms with Gasteiger partial charge in [-0.05, 0) is 18.3 Å². The van der Waals surface area contributed by atoms with E-state index >= 15 is 0 Å². The Morgan fingerprint density at radius 2 is 1.40 bits per heavy atom. The van der Waals surface area contributed by atoms with Gasteiger partial charge >= 0.3 is 0 Å². The van der Waals surface area contributed by atoms with Crippen LogP contribution < -0.4 is 5.32 Å². The minimum Gasteiger partial charge on any atom is -0.346 e. The zero-order chi connectivity index (χ0) is 6.86. The van der Waals surface area contributed by atoms with Crippen molar-refractivity contribution >= 4 is 0 Å². The lowest BCUT2D eigenvalue weighted by Gasteiger charge is -2.31. The van der Waals surface area contributed by atoms with E-state index < -0.39 is 0 Å². The summed E-state index contributed by atoms with van der Waals surface area (Å²) < 4.78 is 0. The zero-order valence-electron chi connectivity index (χ0n) is 6.73. The van der Waals surface area contributed by atoms with E-state index in [9.17, 15) is 0 Å². The second-order valence-corrected chi connectivity index (χ2v) is 4.07. The van der Waals surface area contributed by atoms with Crippen LogP contribution in [-0.4, -0.2) is 13.1 Å². The van der Waals surface area contributed by atoms with E-state index in [2.05, 4.69) is 5.32 Å². The Kier molecular flexibility index (Phi) is 1.69. The van der Waals surface area contributed by atoms with Crippen molar-refractivity contribution < 1.29 is 5.32 Å². The first kappa shape index (κ1) is 6.66. The van der Waals surface area contributed by atoms with E-state index in [1.807, 2.05) is 0 Å². The quantitative estimate of drug-likeness (QED) is 0.515. The van der Waals surface area contributed by atoms with Crippen LogP contribution in [0.1, 0.15) is 38.5 Å². The minimum absolute atomic E-state index is 0.842. The molecule has 1 saturated heterocycles. The lowest BCUT2D eigenvalue weighted by Crippen LogP contribution is -2.87. The predicted octanol–water partition coefficient (Wildman–Crippen LogP) is 0.904. The van der Waals surface area contributed by atoms with Crippen molar-refractivity contribution in [3.05, 3.63) is 0 Å². The minimum atomic E-state index is 0.842. The Morgan fingerprint density at radius 1 is 0.800 bits per heavy atom. The molecule has 2 N–H and O–H groups in total. The number of hydrogen-bond donors (Lipinski definition) is 1. The van der Waals surface area contributed by atoms with Crippen LogP contribution in [0, 0.1) is 5.41 Å². The van der Waals surface area contributed by atoms with Gasteiger partial charge in [0, 0.05) is 12.8 Å². The van der Waals surface area contributed by atoms with Crippen molar-refractivity contribution in [1.82, 2.24) is 0 Å². The highest BCUT2D eigenvalue weighted by molar-refractivity contribution is 4.85. The molecule has 0 unspecified atom stereocenters. The molecule has 0 atom stereocenters. The third kappa shape index (κ3) is 1.07. The highest BCUT2D eigenvalue weighted by Gasteiger charge is 2.35. The van der Waals surface area contributed by atoms with Crippen LogP contribution in [0.5, 0.6) is 0 Å². The van der Waals surface area contributed by atoms with E-state index in [1.54, 1.807) is 12.8 Å². The fourth-order valence-electron chi connectivity index (χ4n) is 2.71. The average molecular weight is 140 g/mol. The number of hydrogen-bond acceptors (Lipinski definition) is 0. The number of piperidine rings is 1. The molecule has 58 valence electrons. The van der Waals surface area contributed by atoms with Crippen molar-refractivity contribution in [3.63, 3.8) is 0 Å². The molecule has 10 heavy (non-hydrogen) atoms. The van der Waals surface area contributed by atoms with Gasteiger partial charge in [-0.3, -0.25) is 0 Å².